The minimum absolute atomic E-state index is 0.358. The number of fused-ring (bicyclic) bond motifs is 1. The third-order valence-corrected chi connectivity index (χ3v) is 4.11. The first-order valence-electron chi connectivity index (χ1n) is 6.46. The Morgan fingerprint density at radius 2 is 1.94 bits per heavy atom. The Hall–Kier alpha value is -0.850. The quantitative estimate of drug-likeness (QED) is 0.649. The van der Waals surface area contributed by atoms with Crippen molar-refractivity contribution >= 4 is 5.78 Å². The van der Waals surface area contributed by atoms with Gasteiger partial charge >= 0.3 is 0 Å². The zero-order chi connectivity index (χ0) is 11.9. The van der Waals surface area contributed by atoms with E-state index in [0.29, 0.717) is 18.1 Å². The van der Waals surface area contributed by atoms with Crippen molar-refractivity contribution in [3.05, 3.63) is 22.3 Å². The fraction of sp³-hybridized carbons (Fsp3) is 0.667. The first kappa shape index (κ1) is 11.6. The summed E-state index contributed by atoms with van der Waals surface area (Å²) in [5.41, 5.74) is 5.38. The van der Waals surface area contributed by atoms with Crippen molar-refractivity contribution in [3.8, 4) is 0 Å². The predicted molar refractivity (Wildman–Crippen MR) is 67.2 cm³/mol. The van der Waals surface area contributed by atoms with E-state index in [4.69, 9.17) is 0 Å². The maximum Gasteiger partial charge on any atom is 0.162 e. The third-order valence-electron chi connectivity index (χ3n) is 4.11. The molecule has 1 heteroatoms. The number of Topliss-reactive ketones (excluding diaryl/α,β-unsaturated/α-hetero) is 1. The van der Waals surface area contributed by atoms with Crippen LogP contribution in [-0.2, 0) is 4.79 Å². The minimum Gasteiger partial charge on any atom is -0.294 e. The third kappa shape index (κ3) is 1.88. The van der Waals surface area contributed by atoms with Crippen LogP contribution < -0.4 is 0 Å². The van der Waals surface area contributed by atoms with Gasteiger partial charge in [-0.15, -0.1) is 0 Å². The van der Waals surface area contributed by atoms with Crippen molar-refractivity contribution in [1.82, 2.24) is 0 Å². The molecule has 0 radical (unpaired) electrons. The van der Waals surface area contributed by atoms with Crippen LogP contribution in [0.1, 0.15) is 53.4 Å². The summed E-state index contributed by atoms with van der Waals surface area (Å²) >= 11 is 0. The van der Waals surface area contributed by atoms with Gasteiger partial charge in [-0.3, -0.25) is 4.79 Å². The first-order chi connectivity index (χ1) is 7.50. The van der Waals surface area contributed by atoms with Crippen molar-refractivity contribution in [2.45, 2.75) is 53.4 Å². The highest BCUT2D eigenvalue weighted by Crippen LogP contribution is 2.42. The van der Waals surface area contributed by atoms with E-state index < -0.39 is 0 Å². The second-order valence-corrected chi connectivity index (χ2v) is 5.71. The lowest BCUT2D eigenvalue weighted by atomic mass is 9.72. The number of ketones is 1. The first-order valence-corrected chi connectivity index (χ1v) is 6.46. The molecule has 0 aromatic rings. The molecule has 0 heterocycles. The van der Waals surface area contributed by atoms with E-state index in [1.807, 2.05) is 6.92 Å². The standard InChI is InChI=1S/C15H22O/c1-9(2)13-8-15(16)11(4)12-6-5-10(3)7-14(12)13/h9-10H,5-8H2,1-4H3. The van der Waals surface area contributed by atoms with Crippen LogP contribution in [0.2, 0.25) is 0 Å². The van der Waals surface area contributed by atoms with Gasteiger partial charge in [-0.2, -0.15) is 0 Å². The number of hydrogen-bond acceptors (Lipinski definition) is 1. The van der Waals surface area contributed by atoms with Gasteiger partial charge in [0.25, 0.3) is 0 Å². The molecule has 2 aliphatic carbocycles. The highest BCUT2D eigenvalue weighted by molar-refractivity contribution is 5.99. The molecule has 0 aromatic carbocycles. The van der Waals surface area contributed by atoms with Gasteiger partial charge in [0.2, 0.25) is 0 Å². The van der Waals surface area contributed by atoms with E-state index in [-0.39, 0.29) is 0 Å². The molecule has 1 nitrogen and oxygen atoms in total. The van der Waals surface area contributed by atoms with Crippen LogP contribution >= 0.6 is 0 Å². The molecule has 0 aromatic heterocycles. The summed E-state index contributed by atoms with van der Waals surface area (Å²) in [6.07, 6.45) is 4.22. The second kappa shape index (κ2) is 4.20. The van der Waals surface area contributed by atoms with Crippen LogP contribution in [0.3, 0.4) is 0 Å². The molecule has 16 heavy (non-hydrogen) atoms. The van der Waals surface area contributed by atoms with E-state index in [0.717, 1.165) is 17.9 Å². The normalized spacial score (nSPS) is 26.6. The monoisotopic (exact) mass is 218 g/mol. The summed E-state index contributed by atoms with van der Waals surface area (Å²) in [6, 6.07) is 0. The van der Waals surface area contributed by atoms with Crippen molar-refractivity contribution < 1.29 is 4.79 Å². The average Bonchev–Trinajstić information content (AvgIpc) is 2.22. The van der Waals surface area contributed by atoms with Crippen molar-refractivity contribution in [3.63, 3.8) is 0 Å². The molecule has 0 saturated heterocycles. The predicted octanol–water partition coefficient (Wildman–Crippen LogP) is 4.05. The van der Waals surface area contributed by atoms with Crippen LogP contribution in [0.4, 0.5) is 0 Å². The van der Waals surface area contributed by atoms with Crippen LogP contribution in [0.5, 0.6) is 0 Å². The smallest absolute Gasteiger partial charge is 0.162 e. The Morgan fingerprint density at radius 1 is 1.25 bits per heavy atom. The molecule has 88 valence electrons. The zero-order valence-electron chi connectivity index (χ0n) is 10.9. The molecule has 1 fully saturated rings. The van der Waals surface area contributed by atoms with E-state index >= 15 is 0 Å². The molecule has 0 aliphatic heterocycles. The lowest BCUT2D eigenvalue weighted by Gasteiger charge is -2.32. The number of allylic oxidation sites excluding steroid dienone is 4. The number of hydrogen-bond donors (Lipinski definition) is 0. The molecule has 0 amide bonds. The molecule has 1 atom stereocenters. The molecule has 2 rings (SSSR count). The fourth-order valence-corrected chi connectivity index (χ4v) is 2.99. The Labute approximate surface area is 98.6 Å². The largest absolute Gasteiger partial charge is 0.294 e. The second-order valence-electron chi connectivity index (χ2n) is 5.71. The van der Waals surface area contributed by atoms with Gasteiger partial charge in [-0.25, -0.2) is 0 Å². The maximum absolute atomic E-state index is 12.0. The lowest BCUT2D eigenvalue weighted by molar-refractivity contribution is -0.115. The molecule has 0 bridgehead atoms. The van der Waals surface area contributed by atoms with Gasteiger partial charge < -0.3 is 0 Å². The topological polar surface area (TPSA) is 17.1 Å². The fourth-order valence-electron chi connectivity index (χ4n) is 2.99. The van der Waals surface area contributed by atoms with Crippen LogP contribution in [-0.4, -0.2) is 5.78 Å². The van der Waals surface area contributed by atoms with E-state index in [1.54, 1.807) is 0 Å². The Bertz CT molecular complexity index is 382. The van der Waals surface area contributed by atoms with E-state index in [2.05, 4.69) is 20.8 Å². The highest BCUT2D eigenvalue weighted by atomic mass is 16.1. The molecule has 0 N–H and O–H groups in total. The van der Waals surface area contributed by atoms with Gasteiger partial charge in [0.1, 0.15) is 0 Å². The molecule has 1 saturated carbocycles. The average molecular weight is 218 g/mol. The van der Waals surface area contributed by atoms with Crippen LogP contribution in [0.25, 0.3) is 0 Å². The van der Waals surface area contributed by atoms with E-state index in [9.17, 15) is 4.79 Å². The Kier molecular flexibility index (Phi) is 3.05. The SMILES string of the molecule is CC1=C2CCC(C)CC2=C(C(C)C)CC1=O. The van der Waals surface area contributed by atoms with Gasteiger partial charge in [-0.05, 0) is 54.7 Å². The van der Waals surface area contributed by atoms with Crippen molar-refractivity contribution in [2.24, 2.45) is 11.8 Å². The van der Waals surface area contributed by atoms with Crippen LogP contribution in [0, 0.1) is 11.8 Å². The summed E-state index contributed by atoms with van der Waals surface area (Å²) in [5.74, 6) is 1.66. The Balaban J connectivity index is 2.47. The maximum atomic E-state index is 12.0. The summed E-state index contributed by atoms with van der Waals surface area (Å²) in [5, 5.41) is 0. The number of carbonyl (C=O) groups is 1. The minimum atomic E-state index is 0.358. The number of rotatable bonds is 1. The van der Waals surface area contributed by atoms with Gasteiger partial charge in [-0.1, -0.05) is 26.3 Å². The van der Waals surface area contributed by atoms with Gasteiger partial charge in [0.05, 0.1) is 0 Å². The van der Waals surface area contributed by atoms with E-state index in [1.165, 1.54) is 29.6 Å². The van der Waals surface area contributed by atoms with Gasteiger partial charge in [0, 0.05) is 6.42 Å². The molecule has 0 spiro atoms. The Morgan fingerprint density at radius 3 is 2.56 bits per heavy atom. The molecular formula is C15H22O. The summed E-state index contributed by atoms with van der Waals surface area (Å²) in [7, 11) is 0. The highest BCUT2D eigenvalue weighted by Gasteiger charge is 2.29. The summed E-state index contributed by atoms with van der Waals surface area (Å²) < 4.78 is 0. The van der Waals surface area contributed by atoms with Gasteiger partial charge in [0.15, 0.2) is 5.78 Å². The zero-order valence-corrected chi connectivity index (χ0v) is 10.9. The van der Waals surface area contributed by atoms with Crippen molar-refractivity contribution in [2.75, 3.05) is 0 Å². The molecule has 2 aliphatic rings. The summed E-state index contributed by atoms with van der Waals surface area (Å²) in [4.78, 5) is 12.0. The molecule has 1 unspecified atom stereocenters. The summed E-state index contributed by atoms with van der Waals surface area (Å²) in [6.45, 7) is 8.78. The number of carbonyl (C=O) groups excluding carboxylic acids is 1. The lowest BCUT2D eigenvalue weighted by Crippen LogP contribution is -2.21. The van der Waals surface area contributed by atoms with Crippen molar-refractivity contribution in [1.29, 1.82) is 0 Å². The van der Waals surface area contributed by atoms with Crippen LogP contribution in [0.15, 0.2) is 22.3 Å². The molecular weight excluding hydrogens is 196 g/mol.